The minimum absolute atomic E-state index is 0.0743. The standard InChI is InChI=1S/C18H24N2O3/c1-3-13-8-6-7-11-20(13)18(21)17-12-15(19-23-17)14-9-4-5-10-16(14)22-2/h4-5,9-10,13,17H,3,6-8,11-12H2,1-2H3. The first-order chi connectivity index (χ1) is 11.2. The molecule has 1 aromatic carbocycles. The molecule has 23 heavy (non-hydrogen) atoms. The molecule has 0 spiro atoms. The van der Waals surface area contributed by atoms with Crippen molar-refractivity contribution >= 4 is 11.6 Å². The lowest BCUT2D eigenvalue weighted by molar-refractivity contribution is -0.146. The number of benzene rings is 1. The normalized spacial score (nSPS) is 24.1. The third kappa shape index (κ3) is 3.19. The molecule has 2 heterocycles. The zero-order chi connectivity index (χ0) is 16.2. The zero-order valence-electron chi connectivity index (χ0n) is 13.8. The molecule has 1 amide bonds. The fourth-order valence-corrected chi connectivity index (χ4v) is 3.45. The van der Waals surface area contributed by atoms with Crippen LogP contribution < -0.4 is 4.74 Å². The second kappa shape index (κ2) is 7.02. The Hall–Kier alpha value is -2.04. The predicted octanol–water partition coefficient (Wildman–Crippen LogP) is 2.98. The summed E-state index contributed by atoms with van der Waals surface area (Å²) in [6.07, 6.45) is 4.38. The number of likely N-dealkylation sites (tertiary alicyclic amines) is 1. The van der Waals surface area contributed by atoms with E-state index in [9.17, 15) is 4.79 Å². The quantitative estimate of drug-likeness (QED) is 0.858. The molecule has 0 bridgehead atoms. The average Bonchev–Trinajstić information content (AvgIpc) is 3.11. The number of para-hydroxylation sites is 1. The highest BCUT2D eigenvalue weighted by atomic mass is 16.6. The van der Waals surface area contributed by atoms with Gasteiger partial charge in [-0.2, -0.15) is 0 Å². The SMILES string of the molecule is CCC1CCCCN1C(=O)C1CC(c2ccccc2OC)=NO1. The van der Waals surface area contributed by atoms with Crippen LogP contribution in [0.1, 0.15) is 44.6 Å². The molecule has 1 fully saturated rings. The van der Waals surface area contributed by atoms with Crippen LogP contribution in [0.25, 0.3) is 0 Å². The molecule has 0 saturated carbocycles. The number of methoxy groups -OCH3 is 1. The molecule has 1 saturated heterocycles. The summed E-state index contributed by atoms with van der Waals surface area (Å²) in [5, 5.41) is 4.15. The van der Waals surface area contributed by atoms with Crippen molar-refractivity contribution in [3.05, 3.63) is 29.8 Å². The number of piperidine rings is 1. The van der Waals surface area contributed by atoms with Crippen LogP contribution >= 0.6 is 0 Å². The van der Waals surface area contributed by atoms with E-state index in [1.165, 1.54) is 6.42 Å². The largest absolute Gasteiger partial charge is 0.496 e. The molecule has 2 unspecified atom stereocenters. The van der Waals surface area contributed by atoms with E-state index in [-0.39, 0.29) is 5.91 Å². The fourth-order valence-electron chi connectivity index (χ4n) is 3.45. The molecule has 5 nitrogen and oxygen atoms in total. The first-order valence-electron chi connectivity index (χ1n) is 8.41. The van der Waals surface area contributed by atoms with Crippen molar-refractivity contribution < 1.29 is 14.4 Å². The number of nitrogens with zero attached hydrogens (tertiary/aromatic N) is 2. The van der Waals surface area contributed by atoms with E-state index in [4.69, 9.17) is 9.57 Å². The highest BCUT2D eigenvalue weighted by Crippen LogP contribution is 2.27. The first kappa shape index (κ1) is 15.8. The van der Waals surface area contributed by atoms with Gasteiger partial charge in [0.1, 0.15) is 5.75 Å². The number of hydrogen-bond acceptors (Lipinski definition) is 4. The van der Waals surface area contributed by atoms with Gasteiger partial charge in [-0.05, 0) is 37.8 Å². The summed E-state index contributed by atoms with van der Waals surface area (Å²) in [7, 11) is 1.64. The number of rotatable bonds is 4. The van der Waals surface area contributed by atoms with Crippen LogP contribution in [-0.4, -0.2) is 42.3 Å². The number of carbonyl (C=O) groups excluding carboxylic acids is 1. The first-order valence-corrected chi connectivity index (χ1v) is 8.41. The van der Waals surface area contributed by atoms with E-state index in [1.54, 1.807) is 7.11 Å². The topological polar surface area (TPSA) is 51.1 Å². The molecule has 5 heteroatoms. The molecule has 2 aliphatic rings. The molecule has 0 aliphatic carbocycles. The molecule has 1 aromatic rings. The van der Waals surface area contributed by atoms with Crippen molar-refractivity contribution in [2.75, 3.05) is 13.7 Å². The van der Waals surface area contributed by atoms with Crippen LogP contribution in [0.3, 0.4) is 0 Å². The van der Waals surface area contributed by atoms with Crippen LogP contribution in [0.15, 0.2) is 29.4 Å². The van der Waals surface area contributed by atoms with Crippen LogP contribution in [0.4, 0.5) is 0 Å². The minimum Gasteiger partial charge on any atom is -0.496 e. The third-order valence-electron chi connectivity index (χ3n) is 4.74. The molecular weight excluding hydrogens is 292 g/mol. The summed E-state index contributed by atoms with van der Waals surface area (Å²) in [5.41, 5.74) is 1.68. The molecular formula is C18H24N2O3. The maximum atomic E-state index is 12.8. The van der Waals surface area contributed by atoms with E-state index in [1.807, 2.05) is 29.2 Å². The van der Waals surface area contributed by atoms with E-state index in [0.717, 1.165) is 42.8 Å². The Bertz CT molecular complexity index is 600. The van der Waals surface area contributed by atoms with E-state index >= 15 is 0 Å². The lowest BCUT2D eigenvalue weighted by Crippen LogP contribution is -2.48. The maximum absolute atomic E-state index is 12.8. The van der Waals surface area contributed by atoms with Gasteiger partial charge >= 0.3 is 0 Å². The maximum Gasteiger partial charge on any atom is 0.267 e. The molecule has 2 atom stereocenters. The van der Waals surface area contributed by atoms with Crippen molar-refractivity contribution in [1.82, 2.24) is 4.90 Å². The van der Waals surface area contributed by atoms with Gasteiger partial charge in [0.15, 0.2) is 0 Å². The fraction of sp³-hybridized carbons (Fsp3) is 0.556. The molecule has 0 aromatic heterocycles. The average molecular weight is 316 g/mol. The smallest absolute Gasteiger partial charge is 0.267 e. The summed E-state index contributed by atoms with van der Waals surface area (Å²) in [6, 6.07) is 8.04. The highest BCUT2D eigenvalue weighted by Gasteiger charge is 2.36. The summed E-state index contributed by atoms with van der Waals surface area (Å²) in [4.78, 5) is 20.3. The Kier molecular flexibility index (Phi) is 4.84. The van der Waals surface area contributed by atoms with Crippen molar-refractivity contribution in [1.29, 1.82) is 0 Å². The number of ether oxygens (including phenoxy) is 1. The van der Waals surface area contributed by atoms with Crippen molar-refractivity contribution in [2.24, 2.45) is 5.16 Å². The van der Waals surface area contributed by atoms with Gasteiger partial charge in [-0.25, -0.2) is 0 Å². The van der Waals surface area contributed by atoms with E-state index in [0.29, 0.717) is 12.5 Å². The summed E-state index contributed by atoms with van der Waals surface area (Å²) in [5.74, 6) is 0.831. The Labute approximate surface area is 137 Å². The summed E-state index contributed by atoms with van der Waals surface area (Å²) < 4.78 is 5.37. The van der Waals surface area contributed by atoms with Gasteiger partial charge in [-0.1, -0.05) is 24.2 Å². The van der Waals surface area contributed by atoms with E-state index < -0.39 is 6.10 Å². The van der Waals surface area contributed by atoms with Crippen molar-refractivity contribution in [2.45, 2.75) is 51.2 Å². The molecule has 2 aliphatic heterocycles. The summed E-state index contributed by atoms with van der Waals surface area (Å²) >= 11 is 0. The van der Waals surface area contributed by atoms with Gasteiger partial charge in [0.05, 0.1) is 12.8 Å². The Balaban J connectivity index is 1.70. The van der Waals surface area contributed by atoms with E-state index in [2.05, 4.69) is 12.1 Å². The third-order valence-corrected chi connectivity index (χ3v) is 4.74. The van der Waals surface area contributed by atoms with Crippen LogP contribution in [0.2, 0.25) is 0 Å². The Morgan fingerprint density at radius 1 is 1.39 bits per heavy atom. The van der Waals surface area contributed by atoms with Gasteiger partial charge in [0, 0.05) is 24.6 Å². The zero-order valence-corrected chi connectivity index (χ0v) is 13.8. The predicted molar refractivity (Wildman–Crippen MR) is 88.7 cm³/mol. The number of carbonyl (C=O) groups is 1. The molecule has 3 rings (SSSR count). The monoisotopic (exact) mass is 316 g/mol. The molecule has 0 radical (unpaired) electrons. The van der Waals surface area contributed by atoms with Gasteiger partial charge in [-0.15, -0.1) is 0 Å². The number of hydrogen-bond donors (Lipinski definition) is 0. The summed E-state index contributed by atoms with van der Waals surface area (Å²) in [6.45, 7) is 2.98. The number of oxime groups is 1. The lowest BCUT2D eigenvalue weighted by atomic mass is 9.98. The van der Waals surface area contributed by atoms with Crippen LogP contribution in [0, 0.1) is 0 Å². The van der Waals surface area contributed by atoms with Crippen molar-refractivity contribution in [3.63, 3.8) is 0 Å². The van der Waals surface area contributed by atoms with Gasteiger partial charge in [-0.3, -0.25) is 4.79 Å². The number of amides is 1. The van der Waals surface area contributed by atoms with Gasteiger partial charge < -0.3 is 14.5 Å². The molecule has 0 N–H and O–H groups in total. The van der Waals surface area contributed by atoms with Crippen LogP contribution in [0.5, 0.6) is 5.75 Å². The highest BCUT2D eigenvalue weighted by molar-refractivity contribution is 6.05. The minimum atomic E-state index is -0.498. The van der Waals surface area contributed by atoms with Gasteiger partial charge in [0.25, 0.3) is 5.91 Å². The lowest BCUT2D eigenvalue weighted by Gasteiger charge is -2.36. The molecule has 124 valence electrons. The van der Waals surface area contributed by atoms with Crippen molar-refractivity contribution in [3.8, 4) is 5.75 Å². The Morgan fingerprint density at radius 3 is 3.00 bits per heavy atom. The Morgan fingerprint density at radius 2 is 2.22 bits per heavy atom. The van der Waals surface area contributed by atoms with Crippen LogP contribution in [-0.2, 0) is 9.63 Å². The van der Waals surface area contributed by atoms with Gasteiger partial charge in [0.2, 0.25) is 6.10 Å². The second-order valence-electron chi connectivity index (χ2n) is 6.13. The second-order valence-corrected chi connectivity index (χ2v) is 6.13.